The van der Waals surface area contributed by atoms with E-state index >= 15 is 0 Å². The Hall–Kier alpha value is -6.40. The van der Waals surface area contributed by atoms with Crippen molar-refractivity contribution in [3.63, 3.8) is 0 Å². The summed E-state index contributed by atoms with van der Waals surface area (Å²) in [4.78, 5) is 29.9. The van der Waals surface area contributed by atoms with Crippen molar-refractivity contribution in [3.05, 3.63) is 163 Å². The van der Waals surface area contributed by atoms with Crippen LogP contribution in [-0.4, -0.2) is 29.9 Å². The largest absolute Gasteiger partial charge is 0.208 e. The molecule has 2 aliphatic carbocycles. The van der Waals surface area contributed by atoms with Gasteiger partial charge in [0.15, 0.2) is 34.9 Å². The van der Waals surface area contributed by atoms with Gasteiger partial charge in [-0.3, -0.25) is 0 Å². The van der Waals surface area contributed by atoms with Crippen LogP contribution in [-0.2, 0) is 5.41 Å². The first-order valence-corrected chi connectivity index (χ1v) is 17.4. The van der Waals surface area contributed by atoms with Gasteiger partial charge in [0.05, 0.1) is 0 Å². The number of hydrogen-bond donors (Lipinski definition) is 0. The predicted molar refractivity (Wildman–Crippen MR) is 204 cm³/mol. The lowest BCUT2D eigenvalue weighted by Gasteiger charge is -2.22. The topological polar surface area (TPSA) is 77.3 Å². The summed E-state index contributed by atoms with van der Waals surface area (Å²) in [6, 6.07) is 43.5. The second-order valence-electron chi connectivity index (χ2n) is 13.5. The van der Waals surface area contributed by atoms with Crippen LogP contribution in [0.15, 0.2) is 146 Å². The summed E-state index contributed by atoms with van der Waals surface area (Å²) in [6.07, 6.45) is 8.53. The molecule has 9 rings (SSSR count). The number of hydrogen-bond acceptors (Lipinski definition) is 6. The summed E-state index contributed by atoms with van der Waals surface area (Å²) in [7, 11) is 0. The van der Waals surface area contributed by atoms with E-state index in [1.54, 1.807) is 0 Å². The van der Waals surface area contributed by atoms with Gasteiger partial charge in [0.2, 0.25) is 0 Å². The Morgan fingerprint density at radius 2 is 0.804 bits per heavy atom. The van der Waals surface area contributed by atoms with Gasteiger partial charge in [-0.25, -0.2) is 29.9 Å². The quantitative estimate of drug-likeness (QED) is 0.177. The van der Waals surface area contributed by atoms with Crippen LogP contribution < -0.4 is 0 Å². The van der Waals surface area contributed by atoms with Crippen molar-refractivity contribution >= 4 is 5.57 Å². The van der Waals surface area contributed by atoms with E-state index in [0.717, 1.165) is 46.2 Å². The van der Waals surface area contributed by atoms with Crippen LogP contribution in [0.5, 0.6) is 0 Å². The summed E-state index contributed by atoms with van der Waals surface area (Å²) >= 11 is 0. The normalized spacial score (nSPS) is 14.1. The number of benzene rings is 5. The van der Waals surface area contributed by atoms with Crippen molar-refractivity contribution < 1.29 is 0 Å². The average Bonchev–Trinajstić information content (AvgIpc) is 3.43. The van der Waals surface area contributed by atoms with E-state index in [-0.39, 0.29) is 5.41 Å². The predicted octanol–water partition coefficient (Wildman–Crippen LogP) is 10.4. The van der Waals surface area contributed by atoms with Crippen LogP contribution in [0, 0.1) is 0 Å². The molecule has 0 aliphatic heterocycles. The molecule has 7 aromatic rings. The van der Waals surface area contributed by atoms with Crippen molar-refractivity contribution in [1.82, 2.24) is 29.9 Å². The van der Waals surface area contributed by atoms with Crippen molar-refractivity contribution in [2.75, 3.05) is 0 Å². The zero-order valence-corrected chi connectivity index (χ0v) is 28.5. The second-order valence-corrected chi connectivity index (χ2v) is 13.5. The Bertz CT molecular complexity index is 2430. The maximum Gasteiger partial charge on any atom is 0.164 e. The van der Waals surface area contributed by atoms with Gasteiger partial charge in [-0.2, -0.15) is 0 Å². The molecule has 0 radical (unpaired) electrons. The Kier molecular flexibility index (Phi) is 7.50. The first kappa shape index (κ1) is 30.6. The van der Waals surface area contributed by atoms with Gasteiger partial charge >= 0.3 is 0 Å². The fraction of sp³-hybridized carbons (Fsp3) is 0.111. The van der Waals surface area contributed by atoms with Gasteiger partial charge in [0, 0.05) is 38.8 Å². The highest BCUT2D eigenvalue weighted by Gasteiger charge is 2.36. The molecule has 0 unspecified atom stereocenters. The third-order valence-electron chi connectivity index (χ3n) is 9.81. The molecule has 2 heterocycles. The zero-order chi connectivity index (χ0) is 34.4. The minimum atomic E-state index is -0.291. The zero-order valence-electron chi connectivity index (χ0n) is 28.5. The third kappa shape index (κ3) is 5.65. The SMILES string of the molecule is CC1(C)c2cc(-c3nc(C4=CCCC=C4)nc(-c4ccccc4)n3)ccc2-c2ccc(-c3nc(-c4ccccc4)nc(-c4ccccc4)n3)cc21. The van der Waals surface area contributed by atoms with Crippen LogP contribution >= 0.6 is 0 Å². The smallest absolute Gasteiger partial charge is 0.164 e. The molecule has 0 N–H and O–H groups in total. The minimum Gasteiger partial charge on any atom is -0.208 e. The van der Waals surface area contributed by atoms with Crippen LogP contribution in [0.3, 0.4) is 0 Å². The van der Waals surface area contributed by atoms with Gasteiger partial charge in [0.25, 0.3) is 0 Å². The molecule has 0 saturated carbocycles. The molecule has 0 atom stereocenters. The van der Waals surface area contributed by atoms with E-state index in [4.69, 9.17) is 29.9 Å². The minimum absolute atomic E-state index is 0.291. The van der Waals surface area contributed by atoms with E-state index in [1.807, 2.05) is 91.0 Å². The Morgan fingerprint density at radius 3 is 1.20 bits per heavy atom. The molecule has 244 valence electrons. The highest BCUT2D eigenvalue weighted by molar-refractivity contribution is 5.85. The summed E-state index contributed by atoms with van der Waals surface area (Å²) in [6.45, 7) is 4.57. The van der Waals surface area contributed by atoms with E-state index in [2.05, 4.69) is 68.5 Å². The molecule has 0 amide bonds. The molecular weight excluding hydrogens is 625 g/mol. The molecule has 0 bridgehead atoms. The molecule has 6 nitrogen and oxygen atoms in total. The summed E-state index contributed by atoms with van der Waals surface area (Å²) in [5.74, 6) is 3.99. The van der Waals surface area contributed by atoms with Gasteiger partial charge in [-0.1, -0.05) is 147 Å². The van der Waals surface area contributed by atoms with Crippen molar-refractivity contribution in [2.24, 2.45) is 0 Å². The molecular formula is C45H34N6. The molecule has 0 fully saturated rings. The Labute approximate surface area is 297 Å². The van der Waals surface area contributed by atoms with Crippen LogP contribution in [0.2, 0.25) is 0 Å². The lowest BCUT2D eigenvalue weighted by molar-refractivity contribution is 0.660. The molecule has 5 aromatic carbocycles. The molecule has 51 heavy (non-hydrogen) atoms. The Balaban J connectivity index is 1.13. The van der Waals surface area contributed by atoms with E-state index < -0.39 is 0 Å². The molecule has 0 saturated heterocycles. The monoisotopic (exact) mass is 658 g/mol. The van der Waals surface area contributed by atoms with E-state index in [1.165, 1.54) is 22.3 Å². The van der Waals surface area contributed by atoms with Crippen molar-refractivity contribution in [2.45, 2.75) is 32.1 Å². The molecule has 2 aromatic heterocycles. The van der Waals surface area contributed by atoms with Gasteiger partial charge in [0.1, 0.15) is 0 Å². The highest BCUT2D eigenvalue weighted by atomic mass is 15.0. The van der Waals surface area contributed by atoms with E-state index in [0.29, 0.717) is 34.9 Å². The number of allylic oxidation sites excluding steroid dienone is 4. The number of aromatic nitrogens is 6. The molecule has 2 aliphatic rings. The Morgan fingerprint density at radius 1 is 0.412 bits per heavy atom. The van der Waals surface area contributed by atoms with Gasteiger partial charge in [-0.15, -0.1) is 0 Å². The second kappa shape index (κ2) is 12.5. The summed E-state index contributed by atoms with van der Waals surface area (Å²) < 4.78 is 0. The maximum atomic E-state index is 5.03. The van der Waals surface area contributed by atoms with Crippen LogP contribution in [0.1, 0.15) is 43.6 Å². The molecule has 0 spiro atoms. The number of nitrogens with zero attached hydrogens (tertiary/aromatic N) is 6. The van der Waals surface area contributed by atoms with Crippen molar-refractivity contribution in [1.29, 1.82) is 0 Å². The average molecular weight is 659 g/mol. The fourth-order valence-electron chi connectivity index (χ4n) is 7.08. The molecule has 6 heteroatoms. The van der Waals surface area contributed by atoms with Crippen LogP contribution in [0.4, 0.5) is 0 Å². The summed E-state index contributed by atoms with van der Waals surface area (Å²) in [5, 5.41) is 0. The first-order valence-electron chi connectivity index (χ1n) is 17.4. The first-order chi connectivity index (χ1) is 25.0. The number of rotatable bonds is 6. The lowest BCUT2D eigenvalue weighted by atomic mass is 9.81. The highest BCUT2D eigenvalue weighted by Crippen LogP contribution is 2.50. The van der Waals surface area contributed by atoms with E-state index in [9.17, 15) is 0 Å². The van der Waals surface area contributed by atoms with Gasteiger partial charge < -0.3 is 0 Å². The van der Waals surface area contributed by atoms with Crippen LogP contribution in [0.25, 0.3) is 73.6 Å². The maximum absolute atomic E-state index is 5.03. The standard InChI is InChI=1S/C45H34N6/c1-45(2)37-27-33(43-48-39(29-15-7-3-8-16-29)46-40(49-43)30-17-9-4-10-18-30)23-25-35(37)36-26-24-34(28-38(36)45)44-50-41(31-19-11-5-12-20-31)47-42(51-44)32-21-13-6-14-22-32/h3-5,7-13,15-28H,6,14H2,1-2H3. The lowest BCUT2D eigenvalue weighted by Crippen LogP contribution is -2.15. The number of fused-ring (bicyclic) bond motifs is 3. The summed E-state index contributed by atoms with van der Waals surface area (Å²) in [5.41, 5.74) is 10.4. The third-order valence-corrected chi connectivity index (χ3v) is 9.81. The van der Waals surface area contributed by atoms with Gasteiger partial charge in [-0.05, 0) is 47.2 Å². The van der Waals surface area contributed by atoms with Crippen molar-refractivity contribution in [3.8, 4) is 68.1 Å². The fourth-order valence-corrected chi connectivity index (χ4v) is 7.08.